The molecule has 5 heteroatoms. The summed E-state index contributed by atoms with van der Waals surface area (Å²) in [6.07, 6.45) is -0.627. The van der Waals surface area contributed by atoms with Crippen molar-refractivity contribution in [1.82, 2.24) is 5.32 Å². The lowest BCUT2D eigenvalue weighted by Gasteiger charge is -2.19. The van der Waals surface area contributed by atoms with Crippen molar-refractivity contribution in [3.63, 3.8) is 0 Å². The Bertz CT molecular complexity index is 474. The van der Waals surface area contributed by atoms with Gasteiger partial charge < -0.3 is 14.8 Å². The fourth-order valence-electron chi connectivity index (χ4n) is 1.80. The van der Waals surface area contributed by atoms with Gasteiger partial charge in [0.1, 0.15) is 5.75 Å². The smallest absolute Gasteiger partial charge is 0.346 e. The summed E-state index contributed by atoms with van der Waals surface area (Å²) in [4.78, 5) is 11.5. The Morgan fingerprint density at radius 1 is 1.35 bits per heavy atom. The average Bonchev–Trinajstić information content (AvgIpc) is 2.38. The number of hydrogen-bond donors (Lipinski definition) is 1. The highest BCUT2D eigenvalue weighted by Gasteiger charge is 2.18. The van der Waals surface area contributed by atoms with E-state index in [0.717, 1.165) is 21.3 Å². The van der Waals surface area contributed by atoms with Crippen molar-refractivity contribution in [3.05, 3.63) is 27.7 Å². The third-order valence-electron chi connectivity index (χ3n) is 2.84. The van der Waals surface area contributed by atoms with Crippen LogP contribution in [-0.2, 0) is 16.1 Å². The maximum Gasteiger partial charge on any atom is 0.346 e. The Labute approximate surface area is 129 Å². The average molecular weight is 344 g/mol. The molecule has 0 bridgehead atoms. The monoisotopic (exact) mass is 343 g/mol. The molecule has 1 aromatic rings. The number of hydrogen-bond acceptors (Lipinski definition) is 4. The highest BCUT2D eigenvalue weighted by atomic mass is 79.9. The van der Waals surface area contributed by atoms with Gasteiger partial charge >= 0.3 is 5.97 Å². The van der Waals surface area contributed by atoms with Crippen LogP contribution in [0.15, 0.2) is 16.6 Å². The van der Waals surface area contributed by atoms with Crippen molar-refractivity contribution in [2.24, 2.45) is 0 Å². The van der Waals surface area contributed by atoms with Crippen molar-refractivity contribution in [2.75, 3.05) is 7.11 Å². The van der Waals surface area contributed by atoms with E-state index in [-0.39, 0.29) is 5.97 Å². The van der Waals surface area contributed by atoms with Crippen LogP contribution in [0.2, 0.25) is 0 Å². The van der Waals surface area contributed by atoms with Crippen LogP contribution in [0.4, 0.5) is 0 Å². The van der Waals surface area contributed by atoms with Gasteiger partial charge in [-0.25, -0.2) is 4.79 Å². The van der Waals surface area contributed by atoms with E-state index in [1.807, 2.05) is 19.1 Å². The quantitative estimate of drug-likeness (QED) is 0.805. The number of nitrogens with one attached hydrogen (secondary N) is 1. The molecule has 0 aliphatic rings. The van der Waals surface area contributed by atoms with Crippen LogP contribution in [0, 0.1) is 6.92 Å². The molecular weight excluding hydrogens is 322 g/mol. The van der Waals surface area contributed by atoms with Gasteiger partial charge in [-0.3, -0.25) is 0 Å². The molecule has 0 aliphatic carbocycles. The number of methoxy groups -OCH3 is 1. The Hall–Kier alpha value is -1.07. The maximum atomic E-state index is 11.5. The van der Waals surface area contributed by atoms with Crippen LogP contribution < -0.4 is 10.1 Å². The highest BCUT2D eigenvalue weighted by Crippen LogP contribution is 2.29. The Morgan fingerprint density at radius 2 is 2.00 bits per heavy atom. The molecule has 0 aromatic heterocycles. The molecule has 0 fully saturated rings. The van der Waals surface area contributed by atoms with E-state index in [1.54, 1.807) is 6.92 Å². The van der Waals surface area contributed by atoms with Gasteiger partial charge in [0.05, 0.1) is 7.11 Å². The largest absolute Gasteiger partial charge is 0.478 e. The maximum absolute atomic E-state index is 11.5. The van der Waals surface area contributed by atoms with Crippen LogP contribution in [-0.4, -0.2) is 25.2 Å². The van der Waals surface area contributed by atoms with Crippen LogP contribution in [0.25, 0.3) is 0 Å². The first-order valence-corrected chi connectivity index (χ1v) is 7.41. The molecule has 0 saturated carbocycles. The highest BCUT2D eigenvalue weighted by molar-refractivity contribution is 9.10. The summed E-state index contributed by atoms with van der Waals surface area (Å²) in [5.41, 5.74) is 2.00. The number of halogens is 1. The molecule has 0 amide bonds. The van der Waals surface area contributed by atoms with Gasteiger partial charge in [-0.2, -0.15) is 0 Å². The SMILES string of the molecule is COC(=O)C(C)Oc1c(C)cc(Br)cc1CNC(C)C. The van der Waals surface area contributed by atoms with E-state index in [2.05, 4.69) is 35.1 Å². The summed E-state index contributed by atoms with van der Waals surface area (Å²) in [5.74, 6) is 0.356. The van der Waals surface area contributed by atoms with Gasteiger partial charge in [0.25, 0.3) is 0 Å². The predicted octanol–water partition coefficient (Wildman–Crippen LogP) is 3.20. The summed E-state index contributed by atoms with van der Waals surface area (Å²) >= 11 is 3.49. The molecular formula is C15H22BrNO3. The second kappa shape index (κ2) is 7.64. The van der Waals surface area contributed by atoms with Crippen LogP contribution >= 0.6 is 15.9 Å². The van der Waals surface area contributed by atoms with E-state index < -0.39 is 6.10 Å². The Balaban J connectivity index is 3.00. The van der Waals surface area contributed by atoms with Gasteiger partial charge in [-0.1, -0.05) is 29.8 Å². The fraction of sp³-hybridized carbons (Fsp3) is 0.533. The number of aryl methyl sites for hydroxylation is 1. The third kappa shape index (κ3) is 4.80. The van der Waals surface area contributed by atoms with E-state index in [4.69, 9.17) is 9.47 Å². The van der Waals surface area contributed by atoms with Crippen molar-refractivity contribution < 1.29 is 14.3 Å². The van der Waals surface area contributed by atoms with Gasteiger partial charge in [0.15, 0.2) is 6.10 Å². The summed E-state index contributed by atoms with van der Waals surface area (Å²) in [5, 5.41) is 3.36. The standard InChI is InChI=1S/C15H22BrNO3/c1-9(2)17-8-12-7-13(16)6-10(3)14(12)20-11(4)15(18)19-5/h6-7,9,11,17H,8H2,1-5H3. The summed E-state index contributed by atoms with van der Waals surface area (Å²) in [6, 6.07) is 4.35. The van der Waals surface area contributed by atoms with E-state index in [9.17, 15) is 4.79 Å². The zero-order chi connectivity index (χ0) is 15.3. The minimum Gasteiger partial charge on any atom is -0.478 e. The van der Waals surface area contributed by atoms with Crippen LogP contribution in [0.1, 0.15) is 31.9 Å². The second-order valence-corrected chi connectivity index (χ2v) is 5.95. The first-order chi connectivity index (χ1) is 9.35. The molecule has 1 aromatic carbocycles. The van der Waals surface area contributed by atoms with Crippen molar-refractivity contribution in [2.45, 2.75) is 46.4 Å². The third-order valence-corrected chi connectivity index (χ3v) is 3.30. The fourth-order valence-corrected chi connectivity index (χ4v) is 2.42. The molecule has 1 N–H and O–H groups in total. The molecule has 0 heterocycles. The normalized spacial score (nSPS) is 12.3. The molecule has 4 nitrogen and oxygen atoms in total. The Kier molecular flexibility index (Phi) is 6.49. The van der Waals surface area contributed by atoms with Crippen LogP contribution in [0.5, 0.6) is 5.75 Å². The molecule has 1 atom stereocenters. The first kappa shape index (κ1) is 17.0. The van der Waals surface area contributed by atoms with E-state index in [0.29, 0.717) is 12.6 Å². The zero-order valence-corrected chi connectivity index (χ0v) is 14.2. The zero-order valence-electron chi connectivity index (χ0n) is 12.6. The number of benzene rings is 1. The van der Waals surface area contributed by atoms with Crippen LogP contribution in [0.3, 0.4) is 0 Å². The summed E-state index contributed by atoms with van der Waals surface area (Å²) < 4.78 is 11.5. The topological polar surface area (TPSA) is 47.6 Å². The lowest BCUT2D eigenvalue weighted by atomic mass is 10.1. The minimum absolute atomic E-state index is 0.375. The Morgan fingerprint density at radius 3 is 2.55 bits per heavy atom. The van der Waals surface area contributed by atoms with Crippen molar-refractivity contribution in [1.29, 1.82) is 0 Å². The molecule has 0 spiro atoms. The predicted molar refractivity (Wildman–Crippen MR) is 83.0 cm³/mol. The van der Waals surface area contributed by atoms with E-state index in [1.165, 1.54) is 7.11 Å². The van der Waals surface area contributed by atoms with Gasteiger partial charge in [0.2, 0.25) is 0 Å². The van der Waals surface area contributed by atoms with Gasteiger partial charge in [-0.15, -0.1) is 0 Å². The molecule has 112 valence electrons. The molecule has 20 heavy (non-hydrogen) atoms. The molecule has 1 unspecified atom stereocenters. The number of ether oxygens (including phenoxy) is 2. The summed E-state index contributed by atoms with van der Waals surface area (Å²) in [6.45, 7) is 8.50. The van der Waals surface area contributed by atoms with Gasteiger partial charge in [-0.05, 0) is 31.5 Å². The number of rotatable bonds is 6. The number of carbonyl (C=O) groups excluding carboxylic acids is 1. The lowest BCUT2D eigenvalue weighted by molar-refractivity contribution is -0.147. The van der Waals surface area contributed by atoms with Gasteiger partial charge in [0, 0.05) is 22.6 Å². The summed E-state index contributed by atoms with van der Waals surface area (Å²) in [7, 11) is 1.36. The van der Waals surface area contributed by atoms with E-state index >= 15 is 0 Å². The number of esters is 1. The molecule has 0 saturated heterocycles. The molecule has 0 radical (unpaired) electrons. The molecule has 1 rings (SSSR count). The number of carbonyl (C=O) groups is 1. The lowest BCUT2D eigenvalue weighted by Crippen LogP contribution is -2.27. The van der Waals surface area contributed by atoms with Crippen molar-refractivity contribution in [3.8, 4) is 5.75 Å². The minimum atomic E-state index is -0.627. The molecule has 0 aliphatic heterocycles. The second-order valence-electron chi connectivity index (χ2n) is 5.03. The van der Waals surface area contributed by atoms with Crippen molar-refractivity contribution >= 4 is 21.9 Å². The first-order valence-electron chi connectivity index (χ1n) is 6.62.